The molecule has 1 aromatic carbocycles. The van der Waals surface area contributed by atoms with E-state index < -0.39 is 23.6 Å². The number of alkyl carbamates (subject to hydrolysis) is 1. The number of aryl methyl sites for hydroxylation is 1. The fourth-order valence-electron chi connectivity index (χ4n) is 1.50. The Hall–Kier alpha value is -1.91. The standard InChI is InChI=1S/C14H18FNO3/c1-9-5-6-10(11(15)7-9)12(8-17)16-13(18)19-14(2,3)4/h5-8,12H,1-4H3,(H,16,18). The smallest absolute Gasteiger partial charge is 0.408 e. The molecule has 0 aliphatic rings. The third kappa shape index (κ3) is 4.69. The normalized spacial score (nSPS) is 12.7. The van der Waals surface area contributed by atoms with Crippen molar-refractivity contribution >= 4 is 12.4 Å². The molecule has 19 heavy (non-hydrogen) atoms. The summed E-state index contributed by atoms with van der Waals surface area (Å²) < 4.78 is 18.7. The number of hydrogen-bond acceptors (Lipinski definition) is 3. The monoisotopic (exact) mass is 267 g/mol. The van der Waals surface area contributed by atoms with Crippen LogP contribution in [-0.4, -0.2) is 18.0 Å². The van der Waals surface area contributed by atoms with Gasteiger partial charge in [0.25, 0.3) is 0 Å². The van der Waals surface area contributed by atoms with Crippen LogP contribution in [0.4, 0.5) is 9.18 Å². The minimum absolute atomic E-state index is 0.117. The topological polar surface area (TPSA) is 55.4 Å². The van der Waals surface area contributed by atoms with Gasteiger partial charge >= 0.3 is 6.09 Å². The summed E-state index contributed by atoms with van der Waals surface area (Å²) >= 11 is 0. The first kappa shape index (κ1) is 15.1. The van der Waals surface area contributed by atoms with Gasteiger partial charge in [0.05, 0.1) is 0 Å². The van der Waals surface area contributed by atoms with Gasteiger partial charge in [0, 0.05) is 5.56 Å². The molecule has 1 unspecified atom stereocenters. The number of benzene rings is 1. The van der Waals surface area contributed by atoms with Gasteiger partial charge in [-0.05, 0) is 39.3 Å². The van der Waals surface area contributed by atoms with Gasteiger partial charge in [-0.15, -0.1) is 0 Å². The molecule has 0 aliphatic heterocycles. The number of ether oxygens (including phenoxy) is 1. The Morgan fingerprint density at radius 1 is 1.42 bits per heavy atom. The van der Waals surface area contributed by atoms with Crippen LogP contribution in [0, 0.1) is 12.7 Å². The quantitative estimate of drug-likeness (QED) is 0.857. The second-order valence-corrected chi connectivity index (χ2v) is 5.28. The molecule has 104 valence electrons. The zero-order valence-corrected chi connectivity index (χ0v) is 11.5. The van der Waals surface area contributed by atoms with Crippen molar-refractivity contribution in [1.82, 2.24) is 5.32 Å². The number of nitrogens with one attached hydrogen (secondary N) is 1. The molecule has 0 bridgehead atoms. The molecule has 1 N–H and O–H groups in total. The molecular formula is C14H18FNO3. The SMILES string of the molecule is Cc1ccc(C(C=O)NC(=O)OC(C)(C)C)c(F)c1. The van der Waals surface area contributed by atoms with Crippen LogP contribution in [0.15, 0.2) is 18.2 Å². The lowest BCUT2D eigenvalue weighted by molar-refractivity contribution is -0.109. The highest BCUT2D eigenvalue weighted by Gasteiger charge is 2.21. The highest BCUT2D eigenvalue weighted by Crippen LogP contribution is 2.17. The molecule has 0 spiro atoms. The van der Waals surface area contributed by atoms with Crippen LogP contribution in [0.1, 0.15) is 37.9 Å². The second-order valence-electron chi connectivity index (χ2n) is 5.28. The van der Waals surface area contributed by atoms with E-state index in [0.717, 1.165) is 5.56 Å². The molecule has 1 aromatic rings. The van der Waals surface area contributed by atoms with Crippen LogP contribution < -0.4 is 5.32 Å². The molecule has 4 nitrogen and oxygen atoms in total. The van der Waals surface area contributed by atoms with Crippen molar-refractivity contribution in [2.45, 2.75) is 39.3 Å². The molecule has 0 saturated carbocycles. The van der Waals surface area contributed by atoms with E-state index in [1.165, 1.54) is 12.1 Å². The van der Waals surface area contributed by atoms with E-state index in [0.29, 0.717) is 6.29 Å². The molecule has 0 radical (unpaired) electrons. The molecule has 5 heteroatoms. The van der Waals surface area contributed by atoms with E-state index >= 15 is 0 Å². The Bertz CT molecular complexity index is 480. The number of halogens is 1. The van der Waals surface area contributed by atoms with Crippen LogP contribution in [0.3, 0.4) is 0 Å². The third-order valence-electron chi connectivity index (χ3n) is 2.30. The summed E-state index contributed by atoms with van der Waals surface area (Å²) in [6, 6.07) is 3.39. The Morgan fingerprint density at radius 2 is 2.05 bits per heavy atom. The van der Waals surface area contributed by atoms with Crippen LogP contribution in [0.2, 0.25) is 0 Å². The Kier molecular flexibility index (Phi) is 4.64. The fourth-order valence-corrected chi connectivity index (χ4v) is 1.50. The number of aldehydes is 1. The number of carbonyl (C=O) groups excluding carboxylic acids is 2. The van der Waals surface area contributed by atoms with Gasteiger partial charge in [0.1, 0.15) is 23.7 Å². The van der Waals surface area contributed by atoms with Crippen molar-refractivity contribution in [1.29, 1.82) is 0 Å². The highest BCUT2D eigenvalue weighted by molar-refractivity contribution is 5.74. The summed E-state index contributed by atoms with van der Waals surface area (Å²) in [5, 5.41) is 2.33. The maximum absolute atomic E-state index is 13.7. The first-order chi connectivity index (χ1) is 8.73. The molecule has 0 aliphatic carbocycles. The molecule has 0 aromatic heterocycles. The van der Waals surface area contributed by atoms with Crippen molar-refractivity contribution in [3.05, 3.63) is 35.1 Å². The third-order valence-corrected chi connectivity index (χ3v) is 2.30. The summed E-state index contributed by atoms with van der Waals surface area (Å²) in [7, 11) is 0. The van der Waals surface area contributed by atoms with E-state index in [1.807, 2.05) is 0 Å². The zero-order chi connectivity index (χ0) is 14.6. The number of hydrogen-bond donors (Lipinski definition) is 1. The molecule has 1 amide bonds. The fraction of sp³-hybridized carbons (Fsp3) is 0.429. The van der Waals surface area contributed by atoms with E-state index in [4.69, 9.17) is 4.74 Å². The van der Waals surface area contributed by atoms with E-state index in [-0.39, 0.29) is 5.56 Å². The van der Waals surface area contributed by atoms with Gasteiger partial charge in [-0.25, -0.2) is 9.18 Å². The maximum Gasteiger partial charge on any atom is 0.408 e. The predicted octanol–water partition coefficient (Wildman–Crippen LogP) is 2.90. The van der Waals surface area contributed by atoms with Crippen LogP contribution in [0.5, 0.6) is 0 Å². The molecular weight excluding hydrogens is 249 g/mol. The maximum atomic E-state index is 13.7. The van der Waals surface area contributed by atoms with E-state index in [9.17, 15) is 14.0 Å². The summed E-state index contributed by atoms with van der Waals surface area (Å²) in [5.41, 5.74) is 0.179. The Labute approximate surface area is 112 Å². The molecule has 0 fully saturated rings. The first-order valence-electron chi connectivity index (χ1n) is 5.94. The van der Waals surface area contributed by atoms with Crippen LogP contribution in [-0.2, 0) is 9.53 Å². The molecule has 0 saturated heterocycles. The van der Waals surface area contributed by atoms with Crippen molar-refractivity contribution in [3.63, 3.8) is 0 Å². The minimum atomic E-state index is -1.06. The number of rotatable bonds is 3. The summed E-state index contributed by atoms with van der Waals surface area (Å²) in [5.74, 6) is -0.534. The summed E-state index contributed by atoms with van der Waals surface area (Å²) in [4.78, 5) is 22.6. The van der Waals surface area contributed by atoms with Gasteiger partial charge in [0.2, 0.25) is 0 Å². The number of amides is 1. The lowest BCUT2D eigenvalue weighted by atomic mass is 10.1. The molecule has 1 rings (SSSR count). The van der Waals surface area contributed by atoms with Gasteiger partial charge in [-0.3, -0.25) is 0 Å². The Balaban J connectivity index is 2.84. The number of carbonyl (C=O) groups is 2. The van der Waals surface area contributed by atoms with Gasteiger partial charge in [-0.2, -0.15) is 0 Å². The van der Waals surface area contributed by atoms with Gasteiger partial charge in [-0.1, -0.05) is 12.1 Å². The van der Waals surface area contributed by atoms with Crippen molar-refractivity contribution in [2.24, 2.45) is 0 Å². The van der Waals surface area contributed by atoms with Gasteiger partial charge < -0.3 is 14.8 Å². The Morgan fingerprint density at radius 3 is 2.53 bits per heavy atom. The molecule has 0 heterocycles. The average Bonchev–Trinajstić information content (AvgIpc) is 2.24. The predicted molar refractivity (Wildman–Crippen MR) is 69.3 cm³/mol. The second kappa shape index (κ2) is 5.82. The zero-order valence-electron chi connectivity index (χ0n) is 11.5. The lowest BCUT2D eigenvalue weighted by Gasteiger charge is -2.21. The highest BCUT2D eigenvalue weighted by atomic mass is 19.1. The van der Waals surface area contributed by atoms with Crippen molar-refractivity contribution < 1.29 is 18.7 Å². The van der Waals surface area contributed by atoms with Crippen LogP contribution in [0.25, 0.3) is 0 Å². The van der Waals surface area contributed by atoms with E-state index in [2.05, 4.69) is 5.32 Å². The summed E-state index contributed by atoms with van der Waals surface area (Å²) in [6.45, 7) is 6.85. The van der Waals surface area contributed by atoms with Crippen LogP contribution >= 0.6 is 0 Å². The lowest BCUT2D eigenvalue weighted by Crippen LogP contribution is -2.35. The summed E-state index contributed by atoms with van der Waals surface area (Å²) in [6.07, 6.45) is -0.290. The van der Waals surface area contributed by atoms with E-state index in [1.54, 1.807) is 33.8 Å². The first-order valence-corrected chi connectivity index (χ1v) is 5.94. The van der Waals surface area contributed by atoms with Gasteiger partial charge in [0.15, 0.2) is 0 Å². The van der Waals surface area contributed by atoms with Crippen molar-refractivity contribution in [2.75, 3.05) is 0 Å². The van der Waals surface area contributed by atoms with Crippen molar-refractivity contribution in [3.8, 4) is 0 Å². The average molecular weight is 267 g/mol. The largest absolute Gasteiger partial charge is 0.444 e. The minimum Gasteiger partial charge on any atom is -0.444 e. The molecule has 1 atom stereocenters.